The van der Waals surface area contributed by atoms with Crippen molar-refractivity contribution in [2.45, 2.75) is 25.1 Å². The zero-order valence-corrected chi connectivity index (χ0v) is 16.6. The van der Waals surface area contributed by atoms with Gasteiger partial charge >= 0.3 is 5.97 Å². The summed E-state index contributed by atoms with van der Waals surface area (Å²) < 4.78 is 43.0. The zero-order chi connectivity index (χ0) is 22.3. The number of esters is 1. The van der Waals surface area contributed by atoms with Gasteiger partial charge in [0.2, 0.25) is 18.0 Å². The number of amides is 2. The maximum Gasteiger partial charge on any atom is 0.344 e. The van der Waals surface area contributed by atoms with Crippen molar-refractivity contribution in [3.05, 3.63) is 53.1 Å². The number of rotatable bonds is 5. The average molecular weight is 432 g/mol. The summed E-state index contributed by atoms with van der Waals surface area (Å²) in [7, 11) is 2.79. The van der Waals surface area contributed by atoms with E-state index in [0.29, 0.717) is 17.4 Å². The third-order valence-electron chi connectivity index (χ3n) is 5.27. The highest BCUT2D eigenvalue weighted by molar-refractivity contribution is 6.01. The summed E-state index contributed by atoms with van der Waals surface area (Å²) in [5.74, 6) is -3.06. The fourth-order valence-corrected chi connectivity index (χ4v) is 3.85. The molecule has 4 rings (SSSR count). The van der Waals surface area contributed by atoms with Gasteiger partial charge in [0.1, 0.15) is 23.2 Å². The Balaban J connectivity index is 1.65. The number of methoxy groups -OCH3 is 2. The third-order valence-corrected chi connectivity index (χ3v) is 5.27. The Labute approximate surface area is 175 Å². The van der Waals surface area contributed by atoms with Gasteiger partial charge in [0.25, 0.3) is 0 Å². The maximum absolute atomic E-state index is 13.9. The number of nitrogens with zero attached hydrogens (tertiary/aromatic N) is 1. The van der Waals surface area contributed by atoms with Gasteiger partial charge in [0, 0.05) is 18.1 Å². The molecule has 0 saturated carbocycles. The first kappa shape index (κ1) is 20.6. The van der Waals surface area contributed by atoms with Crippen LogP contribution in [0, 0.1) is 11.6 Å². The Bertz CT molecular complexity index is 1090. The third kappa shape index (κ3) is 3.43. The molecule has 1 fully saturated rings. The molecule has 0 spiro atoms. The molecule has 2 aliphatic rings. The molecule has 2 amide bonds. The van der Waals surface area contributed by atoms with Crippen LogP contribution in [0.3, 0.4) is 0 Å². The minimum absolute atomic E-state index is 0.0423. The summed E-state index contributed by atoms with van der Waals surface area (Å²) in [5.41, 5.74) is 0.236. The SMILES string of the molecule is COc1ccc2c(c1OC)C(=O)O[C@H]2N1C(=O)CC[C@@H]1C(=O)Nc1ccc(F)cc1F. The first-order valence-electron chi connectivity index (χ1n) is 9.38. The number of hydrogen-bond donors (Lipinski definition) is 1. The van der Waals surface area contributed by atoms with Crippen LogP contribution in [-0.2, 0) is 14.3 Å². The number of ether oxygens (including phenoxy) is 3. The van der Waals surface area contributed by atoms with Crippen LogP contribution in [0.2, 0.25) is 0 Å². The Kier molecular flexibility index (Phi) is 5.22. The topological polar surface area (TPSA) is 94.2 Å². The number of halogens is 2. The molecule has 2 aliphatic heterocycles. The van der Waals surface area contributed by atoms with Gasteiger partial charge in [-0.3, -0.25) is 14.5 Å². The first-order chi connectivity index (χ1) is 14.8. The molecule has 162 valence electrons. The number of likely N-dealkylation sites (tertiary alicyclic amines) is 1. The fourth-order valence-electron chi connectivity index (χ4n) is 3.85. The molecular formula is C21H18F2N2O6. The van der Waals surface area contributed by atoms with Gasteiger partial charge in [-0.05, 0) is 30.7 Å². The van der Waals surface area contributed by atoms with E-state index >= 15 is 0 Å². The van der Waals surface area contributed by atoms with Gasteiger partial charge in [-0.25, -0.2) is 13.6 Å². The van der Waals surface area contributed by atoms with Crippen molar-refractivity contribution < 1.29 is 37.4 Å². The van der Waals surface area contributed by atoms with Crippen LogP contribution in [0.1, 0.15) is 35.0 Å². The van der Waals surface area contributed by atoms with Crippen LogP contribution in [0.25, 0.3) is 0 Å². The van der Waals surface area contributed by atoms with E-state index in [9.17, 15) is 23.2 Å². The normalized spacial score (nSPS) is 19.8. The van der Waals surface area contributed by atoms with Gasteiger partial charge in [-0.2, -0.15) is 0 Å². The first-order valence-corrected chi connectivity index (χ1v) is 9.38. The van der Waals surface area contributed by atoms with Gasteiger partial charge in [-0.15, -0.1) is 0 Å². The molecule has 1 N–H and O–H groups in total. The predicted molar refractivity (Wildman–Crippen MR) is 103 cm³/mol. The molecule has 2 atom stereocenters. The molecule has 8 nitrogen and oxygen atoms in total. The molecule has 1 saturated heterocycles. The standard InChI is InChI=1S/C21H18F2N2O6/c1-29-15-7-4-11-17(18(15)30-2)21(28)31-20(11)25-14(6-8-16(25)26)19(27)24-13-5-3-10(22)9-12(13)23/h3-5,7,9,14,20H,6,8H2,1-2H3,(H,24,27)/t14-,20-/m1/s1. The molecule has 2 aromatic rings. The van der Waals surface area contributed by atoms with E-state index in [1.807, 2.05) is 0 Å². The summed E-state index contributed by atoms with van der Waals surface area (Å²) in [5, 5.41) is 2.37. The summed E-state index contributed by atoms with van der Waals surface area (Å²) in [6.45, 7) is 0. The van der Waals surface area contributed by atoms with E-state index in [2.05, 4.69) is 5.32 Å². The smallest absolute Gasteiger partial charge is 0.344 e. The molecular weight excluding hydrogens is 414 g/mol. The number of nitrogens with one attached hydrogen (secondary N) is 1. The minimum Gasteiger partial charge on any atom is -0.493 e. The lowest BCUT2D eigenvalue weighted by Gasteiger charge is -2.29. The van der Waals surface area contributed by atoms with Gasteiger partial charge in [-0.1, -0.05) is 0 Å². The highest BCUT2D eigenvalue weighted by Gasteiger charge is 2.47. The largest absolute Gasteiger partial charge is 0.493 e. The molecule has 0 unspecified atom stereocenters. The van der Waals surface area contributed by atoms with Crippen LogP contribution in [0.4, 0.5) is 14.5 Å². The molecule has 0 radical (unpaired) electrons. The molecule has 10 heteroatoms. The Morgan fingerprint density at radius 3 is 2.61 bits per heavy atom. The average Bonchev–Trinajstić information content (AvgIpc) is 3.29. The highest BCUT2D eigenvalue weighted by Crippen LogP contribution is 2.45. The van der Waals surface area contributed by atoms with E-state index < -0.39 is 41.7 Å². The lowest BCUT2D eigenvalue weighted by Crippen LogP contribution is -2.44. The van der Waals surface area contributed by atoms with E-state index in [-0.39, 0.29) is 29.8 Å². The lowest BCUT2D eigenvalue weighted by molar-refractivity contribution is -0.144. The van der Waals surface area contributed by atoms with Crippen LogP contribution in [-0.4, -0.2) is 42.9 Å². The predicted octanol–water partition coefficient (Wildman–Crippen LogP) is 2.78. The van der Waals surface area contributed by atoms with E-state index in [0.717, 1.165) is 17.0 Å². The van der Waals surface area contributed by atoms with Gasteiger partial charge in [0.05, 0.1) is 19.9 Å². The number of carbonyl (C=O) groups is 3. The zero-order valence-electron chi connectivity index (χ0n) is 16.6. The van der Waals surface area contributed by atoms with Crippen molar-refractivity contribution in [2.24, 2.45) is 0 Å². The Hall–Kier alpha value is -3.69. The quantitative estimate of drug-likeness (QED) is 0.731. The summed E-state index contributed by atoms with van der Waals surface area (Å²) in [6.07, 6.45) is -0.962. The molecule has 31 heavy (non-hydrogen) atoms. The van der Waals surface area contributed by atoms with Crippen molar-refractivity contribution >= 4 is 23.5 Å². The molecule has 0 bridgehead atoms. The minimum atomic E-state index is -1.15. The molecule has 0 aliphatic carbocycles. The summed E-state index contributed by atoms with van der Waals surface area (Å²) >= 11 is 0. The van der Waals surface area contributed by atoms with Crippen molar-refractivity contribution in [3.63, 3.8) is 0 Å². The maximum atomic E-state index is 13.9. The summed E-state index contributed by atoms with van der Waals surface area (Å²) in [6, 6.07) is 4.84. The Morgan fingerprint density at radius 2 is 1.94 bits per heavy atom. The summed E-state index contributed by atoms with van der Waals surface area (Å²) in [4.78, 5) is 39.1. The van der Waals surface area contributed by atoms with E-state index in [4.69, 9.17) is 14.2 Å². The second-order valence-electron chi connectivity index (χ2n) is 6.99. The molecule has 2 aromatic carbocycles. The van der Waals surface area contributed by atoms with Crippen molar-refractivity contribution in [2.75, 3.05) is 19.5 Å². The number of anilines is 1. The van der Waals surface area contributed by atoms with Crippen LogP contribution in [0.5, 0.6) is 11.5 Å². The lowest BCUT2D eigenvalue weighted by atomic mass is 10.1. The Morgan fingerprint density at radius 1 is 1.16 bits per heavy atom. The fraction of sp³-hybridized carbons (Fsp3) is 0.286. The number of hydrogen-bond acceptors (Lipinski definition) is 6. The van der Waals surface area contributed by atoms with Crippen molar-refractivity contribution in [3.8, 4) is 11.5 Å². The molecule has 2 heterocycles. The van der Waals surface area contributed by atoms with Crippen LogP contribution in [0.15, 0.2) is 30.3 Å². The van der Waals surface area contributed by atoms with Crippen molar-refractivity contribution in [1.29, 1.82) is 0 Å². The number of fused-ring (bicyclic) bond motifs is 1. The monoisotopic (exact) mass is 432 g/mol. The van der Waals surface area contributed by atoms with Crippen molar-refractivity contribution in [1.82, 2.24) is 4.90 Å². The number of cyclic esters (lactones) is 1. The van der Waals surface area contributed by atoms with Gasteiger partial charge in [0.15, 0.2) is 11.5 Å². The van der Waals surface area contributed by atoms with E-state index in [1.165, 1.54) is 14.2 Å². The van der Waals surface area contributed by atoms with E-state index in [1.54, 1.807) is 12.1 Å². The molecule has 0 aromatic heterocycles. The van der Waals surface area contributed by atoms with Crippen LogP contribution >= 0.6 is 0 Å². The second-order valence-corrected chi connectivity index (χ2v) is 6.99. The highest BCUT2D eigenvalue weighted by atomic mass is 19.1. The number of carbonyl (C=O) groups excluding carboxylic acids is 3. The second kappa shape index (κ2) is 7.86. The number of benzene rings is 2. The van der Waals surface area contributed by atoms with Crippen LogP contribution < -0.4 is 14.8 Å². The van der Waals surface area contributed by atoms with Gasteiger partial charge < -0.3 is 19.5 Å².